The SMILES string of the molecule is CC(CO)Cc1ccc(C(F)(F)F)cc1. The first-order chi connectivity index (χ1) is 6.93. The van der Waals surface area contributed by atoms with Crippen LogP contribution in [0.15, 0.2) is 24.3 Å². The molecule has 0 saturated carbocycles. The van der Waals surface area contributed by atoms with Crippen LogP contribution in [0.5, 0.6) is 0 Å². The third kappa shape index (κ3) is 3.55. The molecule has 0 spiro atoms. The Morgan fingerprint density at radius 2 is 1.73 bits per heavy atom. The molecule has 1 aromatic rings. The van der Waals surface area contributed by atoms with E-state index >= 15 is 0 Å². The van der Waals surface area contributed by atoms with Gasteiger partial charge in [0, 0.05) is 6.61 Å². The highest BCUT2D eigenvalue weighted by Crippen LogP contribution is 2.29. The fourth-order valence-corrected chi connectivity index (χ4v) is 1.30. The van der Waals surface area contributed by atoms with Gasteiger partial charge in [0.05, 0.1) is 5.56 Å². The van der Waals surface area contributed by atoms with Crippen molar-refractivity contribution >= 4 is 0 Å². The van der Waals surface area contributed by atoms with Crippen LogP contribution < -0.4 is 0 Å². The van der Waals surface area contributed by atoms with Gasteiger partial charge >= 0.3 is 6.18 Å². The maximum absolute atomic E-state index is 12.2. The number of alkyl halides is 3. The molecule has 15 heavy (non-hydrogen) atoms. The third-order valence-electron chi connectivity index (χ3n) is 2.18. The maximum atomic E-state index is 12.2. The highest BCUT2D eigenvalue weighted by molar-refractivity contribution is 5.24. The average Bonchev–Trinajstić information content (AvgIpc) is 2.17. The summed E-state index contributed by atoms with van der Waals surface area (Å²) in [7, 11) is 0. The highest BCUT2D eigenvalue weighted by atomic mass is 19.4. The Morgan fingerprint density at radius 3 is 2.13 bits per heavy atom. The van der Waals surface area contributed by atoms with Crippen molar-refractivity contribution in [2.75, 3.05) is 6.61 Å². The first-order valence-corrected chi connectivity index (χ1v) is 4.70. The number of benzene rings is 1. The molecular formula is C11H13F3O. The summed E-state index contributed by atoms with van der Waals surface area (Å²) in [6, 6.07) is 5.04. The molecule has 0 aliphatic carbocycles. The Kier molecular flexibility index (Phi) is 3.74. The molecule has 1 rings (SSSR count). The molecule has 1 unspecified atom stereocenters. The largest absolute Gasteiger partial charge is 0.416 e. The van der Waals surface area contributed by atoms with Gasteiger partial charge in [0.2, 0.25) is 0 Å². The van der Waals surface area contributed by atoms with Gasteiger partial charge in [-0.15, -0.1) is 0 Å². The normalized spacial score (nSPS) is 13.9. The predicted molar refractivity (Wildman–Crippen MR) is 51.4 cm³/mol. The van der Waals surface area contributed by atoms with Crippen molar-refractivity contribution in [1.29, 1.82) is 0 Å². The summed E-state index contributed by atoms with van der Waals surface area (Å²) in [6.07, 6.45) is -3.68. The number of aliphatic hydroxyl groups excluding tert-OH is 1. The summed E-state index contributed by atoms with van der Waals surface area (Å²) in [5.74, 6) is 0.0711. The molecule has 0 fully saturated rings. The minimum absolute atomic E-state index is 0.0427. The number of halogens is 3. The topological polar surface area (TPSA) is 20.2 Å². The second-order valence-corrected chi connectivity index (χ2v) is 3.69. The van der Waals surface area contributed by atoms with Crippen LogP contribution in [0.3, 0.4) is 0 Å². The minimum atomic E-state index is -4.28. The zero-order valence-electron chi connectivity index (χ0n) is 8.38. The predicted octanol–water partition coefficient (Wildman–Crippen LogP) is 2.88. The number of aliphatic hydroxyl groups is 1. The van der Waals surface area contributed by atoms with Crippen LogP contribution in [0.25, 0.3) is 0 Å². The van der Waals surface area contributed by atoms with Crippen LogP contribution in [0.4, 0.5) is 13.2 Å². The van der Waals surface area contributed by atoms with Gasteiger partial charge in [-0.05, 0) is 30.0 Å². The molecule has 0 aromatic heterocycles. The molecular weight excluding hydrogens is 205 g/mol. The quantitative estimate of drug-likeness (QED) is 0.827. The Balaban J connectivity index is 2.73. The van der Waals surface area contributed by atoms with Crippen LogP contribution >= 0.6 is 0 Å². The standard InChI is InChI=1S/C11H13F3O/c1-8(7-15)6-9-2-4-10(5-3-9)11(12,13)14/h2-5,8,15H,6-7H2,1H3. The van der Waals surface area contributed by atoms with Crippen molar-refractivity contribution in [3.8, 4) is 0 Å². The molecule has 4 heteroatoms. The van der Waals surface area contributed by atoms with Crippen molar-refractivity contribution < 1.29 is 18.3 Å². The summed E-state index contributed by atoms with van der Waals surface area (Å²) in [5.41, 5.74) is 0.174. The van der Waals surface area contributed by atoms with E-state index in [-0.39, 0.29) is 12.5 Å². The van der Waals surface area contributed by atoms with Crippen molar-refractivity contribution in [3.63, 3.8) is 0 Å². The summed E-state index contributed by atoms with van der Waals surface area (Å²) >= 11 is 0. The van der Waals surface area contributed by atoms with Crippen molar-refractivity contribution in [2.45, 2.75) is 19.5 Å². The lowest BCUT2D eigenvalue weighted by Crippen LogP contribution is -2.07. The average molecular weight is 218 g/mol. The van der Waals surface area contributed by atoms with E-state index in [0.29, 0.717) is 6.42 Å². The van der Waals surface area contributed by atoms with Crippen LogP contribution in [0.1, 0.15) is 18.1 Å². The number of rotatable bonds is 3. The second-order valence-electron chi connectivity index (χ2n) is 3.69. The van der Waals surface area contributed by atoms with E-state index in [4.69, 9.17) is 5.11 Å². The first kappa shape index (κ1) is 12.0. The Hall–Kier alpha value is -1.03. The highest BCUT2D eigenvalue weighted by Gasteiger charge is 2.29. The monoisotopic (exact) mass is 218 g/mol. The van der Waals surface area contributed by atoms with Crippen LogP contribution in [-0.2, 0) is 12.6 Å². The zero-order valence-corrected chi connectivity index (χ0v) is 8.38. The molecule has 0 aliphatic heterocycles. The van der Waals surface area contributed by atoms with E-state index in [9.17, 15) is 13.2 Å². The van der Waals surface area contributed by atoms with E-state index in [0.717, 1.165) is 17.7 Å². The van der Waals surface area contributed by atoms with Crippen molar-refractivity contribution in [2.24, 2.45) is 5.92 Å². The van der Waals surface area contributed by atoms with E-state index in [1.165, 1.54) is 12.1 Å². The lowest BCUT2D eigenvalue weighted by Gasteiger charge is -2.10. The molecule has 1 nitrogen and oxygen atoms in total. The third-order valence-corrected chi connectivity index (χ3v) is 2.18. The van der Waals surface area contributed by atoms with Gasteiger partial charge in [-0.25, -0.2) is 0 Å². The molecule has 0 radical (unpaired) electrons. The van der Waals surface area contributed by atoms with E-state index in [1.807, 2.05) is 6.92 Å². The molecule has 1 atom stereocenters. The van der Waals surface area contributed by atoms with Crippen LogP contribution in [0, 0.1) is 5.92 Å². The molecule has 0 amide bonds. The summed E-state index contributed by atoms with van der Waals surface area (Å²) in [4.78, 5) is 0. The van der Waals surface area contributed by atoms with Gasteiger partial charge in [0.15, 0.2) is 0 Å². The molecule has 0 bridgehead atoms. The lowest BCUT2D eigenvalue weighted by molar-refractivity contribution is -0.137. The van der Waals surface area contributed by atoms with Gasteiger partial charge in [-0.2, -0.15) is 13.2 Å². The fourth-order valence-electron chi connectivity index (χ4n) is 1.30. The van der Waals surface area contributed by atoms with Gasteiger partial charge < -0.3 is 5.11 Å². The van der Waals surface area contributed by atoms with Gasteiger partial charge in [0.1, 0.15) is 0 Å². The molecule has 1 aromatic carbocycles. The van der Waals surface area contributed by atoms with Crippen LogP contribution in [0.2, 0.25) is 0 Å². The fraction of sp³-hybridized carbons (Fsp3) is 0.455. The second kappa shape index (κ2) is 4.66. The molecule has 0 aliphatic rings. The van der Waals surface area contributed by atoms with Crippen LogP contribution in [-0.4, -0.2) is 11.7 Å². The van der Waals surface area contributed by atoms with Crippen molar-refractivity contribution in [1.82, 2.24) is 0 Å². The minimum Gasteiger partial charge on any atom is -0.396 e. The van der Waals surface area contributed by atoms with E-state index in [2.05, 4.69) is 0 Å². The Morgan fingerprint density at radius 1 is 1.20 bits per heavy atom. The summed E-state index contributed by atoms with van der Waals surface area (Å²) in [6.45, 7) is 1.89. The zero-order chi connectivity index (χ0) is 11.5. The van der Waals surface area contributed by atoms with Gasteiger partial charge in [-0.3, -0.25) is 0 Å². The molecule has 1 N–H and O–H groups in total. The Bertz CT molecular complexity index is 303. The maximum Gasteiger partial charge on any atom is 0.416 e. The van der Waals surface area contributed by atoms with Gasteiger partial charge in [0.25, 0.3) is 0 Å². The Labute approximate surface area is 86.5 Å². The smallest absolute Gasteiger partial charge is 0.396 e. The van der Waals surface area contributed by atoms with Gasteiger partial charge in [-0.1, -0.05) is 19.1 Å². The lowest BCUT2D eigenvalue weighted by atomic mass is 10.0. The summed E-state index contributed by atoms with van der Waals surface area (Å²) in [5, 5.41) is 8.80. The number of hydrogen-bond donors (Lipinski definition) is 1. The molecule has 84 valence electrons. The van der Waals surface area contributed by atoms with E-state index < -0.39 is 11.7 Å². The number of hydrogen-bond acceptors (Lipinski definition) is 1. The molecule has 0 saturated heterocycles. The molecule has 0 heterocycles. The van der Waals surface area contributed by atoms with E-state index in [1.54, 1.807) is 0 Å². The van der Waals surface area contributed by atoms with Crippen molar-refractivity contribution in [3.05, 3.63) is 35.4 Å². The first-order valence-electron chi connectivity index (χ1n) is 4.70. The summed E-state index contributed by atoms with van der Waals surface area (Å²) < 4.78 is 36.6.